The van der Waals surface area contributed by atoms with Gasteiger partial charge in [-0.1, -0.05) is 18.2 Å². The minimum atomic E-state index is -0.186. The summed E-state index contributed by atoms with van der Waals surface area (Å²) >= 11 is 0. The Labute approximate surface area is 125 Å². The zero-order valence-corrected chi connectivity index (χ0v) is 12.4. The van der Waals surface area contributed by atoms with Crippen molar-refractivity contribution >= 4 is 5.69 Å². The van der Waals surface area contributed by atoms with Crippen molar-refractivity contribution in [3.05, 3.63) is 59.4 Å². The molecule has 2 aromatic rings. The lowest BCUT2D eigenvalue weighted by molar-refractivity contribution is 0.414. The molecule has 0 heterocycles. The van der Waals surface area contributed by atoms with Gasteiger partial charge in [0.2, 0.25) is 0 Å². The molecule has 110 valence electrons. The lowest BCUT2D eigenvalue weighted by Gasteiger charge is -2.21. The average Bonchev–Trinajstić information content (AvgIpc) is 3.31. The molecule has 1 aliphatic carbocycles. The Morgan fingerprint density at radius 2 is 1.86 bits per heavy atom. The van der Waals surface area contributed by atoms with Crippen LogP contribution in [0.15, 0.2) is 42.5 Å². The third kappa shape index (κ3) is 3.18. The first-order valence-electron chi connectivity index (χ1n) is 7.34. The average molecular weight is 285 g/mol. The molecule has 0 saturated heterocycles. The lowest BCUT2D eigenvalue weighted by Crippen LogP contribution is -2.14. The summed E-state index contributed by atoms with van der Waals surface area (Å²) in [6.07, 6.45) is 2.38. The Bertz CT molecular complexity index is 620. The van der Waals surface area contributed by atoms with E-state index in [0.29, 0.717) is 11.6 Å². The monoisotopic (exact) mass is 285 g/mol. The van der Waals surface area contributed by atoms with Gasteiger partial charge in [0, 0.05) is 0 Å². The zero-order chi connectivity index (χ0) is 14.8. The summed E-state index contributed by atoms with van der Waals surface area (Å²) in [7, 11) is 1.66. The van der Waals surface area contributed by atoms with Gasteiger partial charge in [0.1, 0.15) is 11.6 Å². The number of hydrogen-bond acceptors (Lipinski definition) is 2. The number of ether oxygens (including phenoxy) is 1. The van der Waals surface area contributed by atoms with Crippen LogP contribution >= 0.6 is 0 Å². The predicted octanol–water partition coefficient (Wildman–Crippen LogP) is 4.71. The normalized spacial score (nSPS) is 15.6. The van der Waals surface area contributed by atoms with Crippen molar-refractivity contribution in [2.24, 2.45) is 5.92 Å². The van der Waals surface area contributed by atoms with Crippen molar-refractivity contribution in [1.82, 2.24) is 0 Å². The van der Waals surface area contributed by atoms with E-state index in [1.807, 2.05) is 31.2 Å². The molecule has 0 radical (unpaired) electrons. The highest BCUT2D eigenvalue weighted by Gasteiger charge is 2.32. The number of methoxy groups -OCH3 is 1. The van der Waals surface area contributed by atoms with E-state index in [1.165, 1.54) is 18.4 Å². The van der Waals surface area contributed by atoms with Crippen molar-refractivity contribution in [2.45, 2.75) is 25.8 Å². The molecule has 0 amide bonds. The van der Waals surface area contributed by atoms with Gasteiger partial charge in [-0.2, -0.15) is 0 Å². The molecule has 0 aromatic heterocycles. The summed E-state index contributed by atoms with van der Waals surface area (Å²) in [5.74, 6) is 1.24. The molecule has 1 saturated carbocycles. The summed E-state index contributed by atoms with van der Waals surface area (Å²) in [5, 5.41) is 3.37. The molecule has 0 aliphatic heterocycles. The van der Waals surface area contributed by atoms with E-state index in [0.717, 1.165) is 11.3 Å². The fraction of sp³-hybridized carbons (Fsp3) is 0.333. The Hall–Kier alpha value is -2.03. The molecule has 3 heteroatoms. The molecule has 0 spiro atoms. The number of anilines is 1. The van der Waals surface area contributed by atoms with Gasteiger partial charge in [-0.3, -0.25) is 0 Å². The summed E-state index contributed by atoms with van der Waals surface area (Å²) in [5.41, 5.74) is 2.69. The Balaban J connectivity index is 1.84. The van der Waals surface area contributed by atoms with E-state index < -0.39 is 0 Å². The van der Waals surface area contributed by atoms with Gasteiger partial charge in [0.05, 0.1) is 18.8 Å². The molecule has 2 nitrogen and oxygen atoms in total. The van der Waals surface area contributed by atoms with Crippen LogP contribution in [0.2, 0.25) is 0 Å². The summed E-state index contributed by atoms with van der Waals surface area (Å²) in [6.45, 7) is 1.90. The Morgan fingerprint density at radius 3 is 2.43 bits per heavy atom. The van der Waals surface area contributed by atoms with Crippen LogP contribution in [-0.4, -0.2) is 7.11 Å². The van der Waals surface area contributed by atoms with Crippen LogP contribution in [0.5, 0.6) is 5.75 Å². The number of nitrogens with one attached hydrogen (secondary N) is 1. The minimum Gasteiger partial charge on any atom is -0.497 e. The van der Waals surface area contributed by atoms with Crippen LogP contribution < -0.4 is 10.1 Å². The third-order valence-electron chi connectivity index (χ3n) is 4.00. The molecule has 1 N–H and O–H groups in total. The first-order valence-corrected chi connectivity index (χ1v) is 7.34. The summed E-state index contributed by atoms with van der Waals surface area (Å²) < 4.78 is 19.2. The second kappa shape index (κ2) is 5.76. The fourth-order valence-electron chi connectivity index (χ4n) is 2.62. The van der Waals surface area contributed by atoms with Gasteiger partial charge in [0.25, 0.3) is 0 Å². The van der Waals surface area contributed by atoms with E-state index in [2.05, 4.69) is 17.4 Å². The maximum atomic E-state index is 14.0. The molecule has 3 rings (SSSR count). The van der Waals surface area contributed by atoms with Crippen molar-refractivity contribution < 1.29 is 9.13 Å². The van der Waals surface area contributed by atoms with Crippen LogP contribution in [0.3, 0.4) is 0 Å². The largest absolute Gasteiger partial charge is 0.497 e. The van der Waals surface area contributed by atoms with Gasteiger partial charge in [0.15, 0.2) is 0 Å². The maximum Gasteiger partial charge on any atom is 0.146 e. The molecule has 1 unspecified atom stereocenters. The fourth-order valence-corrected chi connectivity index (χ4v) is 2.62. The van der Waals surface area contributed by atoms with Crippen molar-refractivity contribution in [2.75, 3.05) is 12.4 Å². The standard InChI is InChI=1S/C18H20FNO/c1-12-3-10-17(16(19)11-12)20-18(13-4-5-13)14-6-8-15(21-2)9-7-14/h3,6-11,13,18,20H,4-5H2,1-2H3. The van der Waals surface area contributed by atoms with Crippen LogP contribution in [0.1, 0.15) is 30.0 Å². The number of benzene rings is 2. The second-order valence-corrected chi connectivity index (χ2v) is 5.72. The molecule has 1 fully saturated rings. The van der Waals surface area contributed by atoms with E-state index in [-0.39, 0.29) is 11.9 Å². The van der Waals surface area contributed by atoms with Gasteiger partial charge in [-0.15, -0.1) is 0 Å². The maximum absolute atomic E-state index is 14.0. The third-order valence-corrected chi connectivity index (χ3v) is 4.00. The number of hydrogen-bond donors (Lipinski definition) is 1. The van der Waals surface area contributed by atoms with Crippen molar-refractivity contribution in [3.63, 3.8) is 0 Å². The van der Waals surface area contributed by atoms with E-state index in [4.69, 9.17) is 4.74 Å². The molecule has 1 atom stereocenters. The van der Waals surface area contributed by atoms with Crippen LogP contribution in [-0.2, 0) is 0 Å². The van der Waals surface area contributed by atoms with Crippen LogP contribution in [0.25, 0.3) is 0 Å². The van der Waals surface area contributed by atoms with Crippen molar-refractivity contribution in [1.29, 1.82) is 0 Å². The highest BCUT2D eigenvalue weighted by molar-refractivity contribution is 5.49. The van der Waals surface area contributed by atoms with Crippen molar-refractivity contribution in [3.8, 4) is 5.75 Å². The topological polar surface area (TPSA) is 21.3 Å². The quantitative estimate of drug-likeness (QED) is 0.859. The van der Waals surface area contributed by atoms with Gasteiger partial charge >= 0.3 is 0 Å². The first-order chi connectivity index (χ1) is 10.2. The molecule has 2 aromatic carbocycles. The van der Waals surface area contributed by atoms with Crippen LogP contribution in [0.4, 0.5) is 10.1 Å². The molecular weight excluding hydrogens is 265 g/mol. The minimum absolute atomic E-state index is 0.160. The number of aryl methyl sites for hydroxylation is 1. The van der Waals surface area contributed by atoms with Gasteiger partial charge < -0.3 is 10.1 Å². The summed E-state index contributed by atoms with van der Waals surface area (Å²) in [6, 6.07) is 13.5. The highest BCUT2D eigenvalue weighted by Crippen LogP contribution is 2.43. The van der Waals surface area contributed by atoms with Crippen LogP contribution in [0, 0.1) is 18.7 Å². The second-order valence-electron chi connectivity index (χ2n) is 5.72. The molecule has 1 aliphatic rings. The van der Waals surface area contributed by atoms with E-state index in [1.54, 1.807) is 13.2 Å². The lowest BCUT2D eigenvalue weighted by atomic mass is 10.0. The van der Waals surface area contributed by atoms with E-state index >= 15 is 0 Å². The molecule has 21 heavy (non-hydrogen) atoms. The number of halogens is 1. The Morgan fingerprint density at radius 1 is 1.14 bits per heavy atom. The highest BCUT2D eigenvalue weighted by atomic mass is 19.1. The predicted molar refractivity (Wildman–Crippen MR) is 83.2 cm³/mol. The number of rotatable bonds is 5. The Kier molecular flexibility index (Phi) is 3.82. The molecular formula is C18H20FNO. The van der Waals surface area contributed by atoms with Gasteiger partial charge in [-0.05, 0) is 61.1 Å². The molecule has 0 bridgehead atoms. The van der Waals surface area contributed by atoms with E-state index in [9.17, 15) is 4.39 Å². The zero-order valence-electron chi connectivity index (χ0n) is 12.4. The SMILES string of the molecule is COc1ccc(C(Nc2ccc(C)cc2F)C2CC2)cc1. The smallest absolute Gasteiger partial charge is 0.146 e. The van der Waals surface area contributed by atoms with Gasteiger partial charge in [-0.25, -0.2) is 4.39 Å². The first kappa shape index (κ1) is 13.9. The summed E-state index contributed by atoms with van der Waals surface area (Å²) in [4.78, 5) is 0.